The summed E-state index contributed by atoms with van der Waals surface area (Å²) in [6.07, 6.45) is -3.00. The van der Waals surface area contributed by atoms with Gasteiger partial charge in [-0.3, -0.25) is 24.0 Å². The molecule has 10 heteroatoms. The molecule has 0 aliphatic heterocycles. The van der Waals surface area contributed by atoms with E-state index >= 15 is 0 Å². The molecule has 10 nitrogen and oxygen atoms in total. The fraction of sp³-hybridized carbons (Fsp3) is 0.706. The van der Waals surface area contributed by atoms with Gasteiger partial charge in [0, 0.05) is 40.5 Å². The second-order valence-electron chi connectivity index (χ2n) is 6.24. The summed E-state index contributed by atoms with van der Waals surface area (Å²) in [5.41, 5.74) is 0. The third kappa shape index (κ3) is 6.87. The van der Waals surface area contributed by atoms with Crippen LogP contribution in [0.2, 0.25) is 0 Å². The van der Waals surface area contributed by atoms with Gasteiger partial charge in [-0.25, -0.2) is 0 Å². The van der Waals surface area contributed by atoms with Gasteiger partial charge in [0.05, 0.1) is 12.6 Å². The summed E-state index contributed by atoms with van der Waals surface area (Å²) in [6, 6.07) is -0.810. The highest BCUT2D eigenvalue weighted by Gasteiger charge is 2.56. The largest absolute Gasteiger partial charge is 0.466 e. The molecular weight excluding hydrogens is 362 g/mol. The molecule has 1 fully saturated rings. The van der Waals surface area contributed by atoms with Crippen LogP contribution in [0.15, 0.2) is 0 Å². The van der Waals surface area contributed by atoms with Gasteiger partial charge >= 0.3 is 23.9 Å². The van der Waals surface area contributed by atoms with Gasteiger partial charge in [0.1, 0.15) is 6.10 Å². The Labute approximate surface area is 156 Å². The molecule has 0 aromatic carbocycles. The average molecular weight is 387 g/mol. The first kappa shape index (κ1) is 22.4. The van der Waals surface area contributed by atoms with Gasteiger partial charge in [0.2, 0.25) is 5.91 Å². The van der Waals surface area contributed by atoms with Crippen molar-refractivity contribution in [1.29, 1.82) is 0 Å². The van der Waals surface area contributed by atoms with Crippen molar-refractivity contribution in [3.05, 3.63) is 0 Å². The number of esters is 4. The lowest BCUT2D eigenvalue weighted by atomic mass is 9.97. The van der Waals surface area contributed by atoms with E-state index in [0.717, 1.165) is 6.92 Å². The molecule has 1 amide bonds. The number of rotatable bonds is 7. The van der Waals surface area contributed by atoms with Crippen LogP contribution >= 0.6 is 0 Å². The first-order chi connectivity index (χ1) is 12.5. The van der Waals surface area contributed by atoms with Crippen molar-refractivity contribution >= 4 is 29.8 Å². The quantitative estimate of drug-likeness (QED) is 0.468. The second kappa shape index (κ2) is 9.89. The standard InChI is InChI=1S/C17H25NO9/c1-8(19)18-14-13(6-7-24-9(2)20)15(25-10(3)21)17(27-12(5)23)16(14)26-11(4)22/h13-17H,6-7H2,1-5H3,(H,18,19)/t13-,14-,15-,16-,17+/m0/s1. The molecule has 152 valence electrons. The smallest absolute Gasteiger partial charge is 0.303 e. The summed E-state index contributed by atoms with van der Waals surface area (Å²) in [4.78, 5) is 57.4. The lowest BCUT2D eigenvalue weighted by Crippen LogP contribution is -2.47. The molecule has 0 saturated heterocycles. The minimum atomic E-state index is -1.12. The molecule has 27 heavy (non-hydrogen) atoms. The SMILES string of the molecule is CC(=O)N[C@H]1[C@H](CCOC(C)=O)[C@H](OC(C)=O)[C@@H](OC(C)=O)[C@H]1OC(C)=O. The minimum Gasteiger partial charge on any atom is -0.466 e. The summed E-state index contributed by atoms with van der Waals surface area (Å²) >= 11 is 0. The highest BCUT2D eigenvalue weighted by atomic mass is 16.6. The zero-order chi connectivity index (χ0) is 20.7. The van der Waals surface area contributed by atoms with Crippen LogP contribution in [0.5, 0.6) is 0 Å². The summed E-state index contributed by atoms with van der Waals surface area (Å²) < 4.78 is 20.8. The lowest BCUT2D eigenvalue weighted by Gasteiger charge is -2.25. The van der Waals surface area contributed by atoms with Gasteiger partial charge in [-0.1, -0.05) is 0 Å². The van der Waals surface area contributed by atoms with Crippen LogP contribution in [0, 0.1) is 5.92 Å². The van der Waals surface area contributed by atoms with Gasteiger partial charge in [-0.2, -0.15) is 0 Å². The van der Waals surface area contributed by atoms with Crippen LogP contribution in [-0.4, -0.2) is 60.7 Å². The van der Waals surface area contributed by atoms with Crippen LogP contribution in [-0.2, 0) is 42.9 Å². The third-order valence-corrected chi connectivity index (χ3v) is 3.92. The van der Waals surface area contributed by atoms with E-state index < -0.39 is 60.1 Å². The molecule has 0 aromatic rings. The maximum atomic E-state index is 11.7. The van der Waals surface area contributed by atoms with Crippen molar-refractivity contribution in [2.45, 2.75) is 65.4 Å². The topological polar surface area (TPSA) is 134 Å². The Balaban J connectivity index is 3.26. The van der Waals surface area contributed by atoms with Crippen LogP contribution in [0.3, 0.4) is 0 Å². The van der Waals surface area contributed by atoms with Crippen LogP contribution in [0.25, 0.3) is 0 Å². The van der Waals surface area contributed by atoms with E-state index in [1.54, 1.807) is 0 Å². The highest BCUT2D eigenvalue weighted by Crippen LogP contribution is 2.36. The number of amides is 1. The Morgan fingerprint density at radius 3 is 1.63 bits per heavy atom. The highest BCUT2D eigenvalue weighted by molar-refractivity contribution is 5.74. The van der Waals surface area contributed by atoms with Gasteiger partial charge in [0.15, 0.2) is 12.2 Å². The number of carbonyl (C=O) groups excluding carboxylic acids is 5. The van der Waals surface area contributed by atoms with Crippen LogP contribution < -0.4 is 5.32 Å². The number of nitrogens with one attached hydrogen (secondary N) is 1. The van der Waals surface area contributed by atoms with Crippen LogP contribution in [0.1, 0.15) is 41.0 Å². The molecule has 0 bridgehead atoms. The maximum absolute atomic E-state index is 11.7. The molecule has 0 spiro atoms. The molecule has 0 aromatic heterocycles. The predicted octanol–water partition coefficient (Wildman–Crippen LogP) is -0.131. The van der Waals surface area contributed by atoms with Gasteiger partial charge in [-0.15, -0.1) is 0 Å². The van der Waals surface area contributed by atoms with E-state index in [0.29, 0.717) is 0 Å². The molecule has 0 heterocycles. The van der Waals surface area contributed by atoms with E-state index in [2.05, 4.69) is 5.32 Å². The van der Waals surface area contributed by atoms with Crippen molar-refractivity contribution < 1.29 is 42.9 Å². The van der Waals surface area contributed by atoms with Crippen molar-refractivity contribution in [2.75, 3.05) is 6.61 Å². The number of carbonyl (C=O) groups is 5. The molecule has 1 rings (SSSR count). The molecule has 1 saturated carbocycles. The fourth-order valence-corrected chi connectivity index (χ4v) is 3.19. The summed E-state index contributed by atoms with van der Waals surface area (Å²) in [6.45, 7) is 6.01. The monoisotopic (exact) mass is 387 g/mol. The lowest BCUT2D eigenvalue weighted by molar-refractivity contribution is -0.176. The summed E-state index contributed by atoms with van der Waals surface area (Å²) in [5.74, 6) is -3.50. The molecule has 5 atom stereocenters. The molecule has 0 unspecified atom stereocenters. The van der Waals surface area contributed by atoms with E-state index in [1.165, 1.54) is 27.7 Å². The summed E-state index contributed by atoms with van der Waals surface area (Å²) in [7, 11) is 0. The normalized spacial score (nSPS) is 26.6. The average Bonchev–Trinajstić information content (AvgIpc) is 2.71. The number of hydrogen-bond acceptors (Lipinski definition) is 9. The van der Waals surface area contributed by atoms with Crippen molar-refractivity contribution in [3.8, 4) is 0 Å². The molecule has 0 radical (unpaired) electrons. The van der Waals surface area contributed by atoms with Crippen molar-refractivity contribution in [2.24, 2.45) is 5.92 Å². The Morgan fingerprint density at radius 1 is 0.704 bits per heavy atom. The Kier molecular flexibility index (Phi) is 8.20. The van der Waals surface area contributed by atoms with Crippen molar-refractivity contribution in [3.63, 3.8) is 0 Å². The Morgan fingerprint density at radius 2 is 1.19 bits per heavy atom. The third-order valence-electron chi connectivity index (χ3n) is 3.92. The minimum absolute atomic E-state index is 0.0204. The van der Waals surface area contributed by atoms with Crippen LogP contribution in [0.4, 0.5) is 0 Å². The zero-order valence-electron chi connectivity index (χ0n) is 16.0. The Hall–Kier alpha value is -2.65. The second-order valence-corrected chi connectivity index (χ2v) is 6.24. The molecular formula is C17H25NO9. The molecule has 1 aliphatic carbocycles. The van der Waals surface area contributed by atoms with E-state index in [4.69, 9.17) is 18.9 Å². The first-order valence-corrected chi connectivity index (χ1v) is 8.45. The van der Waals surface area contributed by atoms with E-state index in [-0.39, 0.29) is 13.0 Å². The number of ether oxygens (including phenoxy) is 4. The van der Waals surface area contributed by atoms with Crippen molar-refractivity contribution in [1.82, 2.24) is 5.32 Å². The fourth-order valence-electron chi connectivity index (χ4n) is 3.19. The van der Waals surface area contributed by atoms with Gasteiger partial charge in [-0.05, 0) is 6.42 Å². The predicted molar refractivity (Wildman–Crippen MR) is 89.0 cm³/mol. The van der Waals surface area contributed by atoms with E-state index in [1.807, 2.05) is 0 Å². The molecule has 1 aliphatic rings. The zero-order valence-corrected chi connectivity index (χ0v) is 16.0. The summed E-state index contributed by atoms with van der Waals surface area (Å²) in [5, 5.41) is 2.65. The first-order valence-electron chi connectivity index (χ1n) is 8.45. The maximum Gasteiger partial charge on any atom is 0.303 e. The Bertz CT molecular complexity index is 561. The molecule has 1 N–H and O–H groups in total. The van der Waals surface area contributed by atoms with Gasteiger partial charge < -0.3 is 24.3 Å². The van der Waals surface area contributed by atoms with E-state index in [9.17, 15) is 24.0 Å². The number of hydrogen-bond donors (Lipinski definition) is 1. The van der Waals surface area contributed by atoms with Gasteiger partial charge in [0.25, 0.3) is 0 Å².